The Hall–Kier alpha value is -2.99. The monoisotopic (exact) mass is 463 g/mol. The van der Waals surface area contributed by atoms with Crippen molar-refractivity contribution in [2.45, 2.75) is 36.4 Å². The highest BCUT2D eigenvalue weighted by Crippen LogP contribution is 2.32. The van der Waals surface area contributed by atoms with E-state index in [1.54, 1.807) is 10.8 Å². The molecular formula is C20H25N5O6S. The van der Waals surface area contributed by atoms with E-state index in [0.717, 1.165) is 10.5 Å². The summed E-state index contributed by atoms with van der Waals surface area (Å²) in [5.74, 6) is -0.241. The molecule has 1 fully saturated rings. The zero-order valence-corrected chi connectivity index (χ0v) is 18.7. The SMILES string of the molecule is CS(=O)c1ccc(CC2CN(CC3(C)Cn4cc([N+](=O)[O-])nc4O3)CCN2C(=O)O)cc1. The fourth-order valence-electron chi connectivity index (χ4n) is 4.42. The minimum Gasteiger partial charge on any atom is -0.465 e. The molecule has 32 heavy (non-hydrogen) atoms. The van der Waals surface area contributed by atoms with Gasteiger partial charge in [-0.25, -0.2) is 4.79 Å². The highest BCUT2D eigenvalue weighted by Gasteiger charge is 2.43. The van der Waals surface area contributed by atoms with E-state index in [9.17, 15) is 24.2 Å². The number of aromatic nitrogens is 2. The molecule has 11 nitrogen and oxygen atoms in total. The van der Waals surface area contributed by atoms with Crippen molar-refractivity contribution in [2.75, 3.05) is 32.4 Å². The largest absolute Gasteiger partial charge is 0.465 e. The van der Waals surface area contributed by atoms with E-state index in [1.807, 2.05) is 31.2 Å². The molecule has 2 aliphatic heterocycles. The van der Waals surface area contributed by atoms with E-state index in [-0.39, 0.29) is 17.9 Å². The first-order valence-electron chi connectivity index (χ1n) is 10.2. The predicted molar refractivity (Wildman–Crippen MR) is 115 cm³/mol. The van der Waals surface area contributed by atoms with E-state index in [0.29, 0.717) is 39.1 Å². The molecule has 0 bridgehead atoms. The molecule has 3 heterocycles. The van der Waals surface area contributed by atoms with Gasteiger partial charge in [0.2, 0.25) is 0 Å². The lowest BCUT2D eigenvalue weighted by Gasteiger charge is -2.42. The van der Waals surface area contributed by atoms with Crippen LogP contribution in [0.1, 0.15) is 12.5 Å². The topological polar surface area (TPSA) is 131 Å². The van der Waals surface area contributed by atoms with Crippen LogP contribution in [-0.2, 0) is 23.8 Å². The van der Waals surface area contributed by atoms with Crippen LogP contribution >= 0.6 is 0 Å². The summed E-state index contributed by atoms with van der Waals surface area (Å²) in [6.45, 7) is 4.39. The Kier molecular flexibility index (Phi) is 5.91. The molecule has 0 saturated carbocycles. The van der Waals surface area contributed by atoms with Crippen molar-refractivity contribution in [1.82, 2.24) is 19.4 Å². The summed E-state index contributed by atoms with van der Waals surface area (Å²) in [6.07, 6.45) is 2.59. The van der Waals surface area contributed by atoms with Crippen molar-refractivity contribution >= 4 is 22.7 Å². The van der Waals surface area contributed by atoms with Gasteiger partial charge in [-0.15, -0.1) is 0 Å². The van der Waals surface area contributed by atoms with E-state index >= 15 is 0 Å². The number of ether oxygens (including phenoxy) is 1. The number of rotatable bonds is 6. The Balaban J connectivity index is 1.43. The van der Waals surface area contributed by atoms with Crippen LogP contribution in [0.25, 0.3) is 0 Å². The molecule has 2 aromatic rings. The fraction of sp³-hybridized carbons (Fsp3) is 0.500. The second-order valence-electron chi connectivity index (χ2n) is 8.49. The van der Waals surface area contributed by atoms with Gasteiger partial charge in [-0.1, -0.05) is 12.1 Å². The Morgan fingerprint density at radius 3 is 2.69 bits per heavy atom. The number of nitro groups is 1. The molecule has 0 radical (unpaired) electrons. The molecule has 2 aliphatic rings. The molecule has 0 aliphatic carbocycles. The van der Waals surface area contributed by atoms with E-state index in [2.05, 4.69) is 9.88 Å². The van der Waals surface area contributed by atoms with Crippen molar-refractivity contribution in [3.8, 4) is 6.01 Å². The molecule has 4 rings (SSSR count). The third-order valence-corrected chi connectivity index (χ3v) is 6.79. The number of benzene rings is 1. The number of hydrogen-bond acceptors (Lipinski definition) is 7. The molecule has 12 heteroatoms. The van der Waals surface area contributed by atoms with Crippen LogP contribution in [0.3, 0.4) is 0 Å². The molecule has 1 aromatic carbocycles. The molecule has 3 atom stereocenters. The van der Waals surface area contributed by atoms with Crippen LogP contribution in [0.5, 0.6) is 6.01 Å². The van der Waals surface area contributed by atoms with E-state index in [4.69, 9.17) is 4.74 Å². The van der Waals surface area contributed by atoms with Crippen molar-refractivity contribution in [3.63, 3.8) is 0 Å². The fourth-order valence-corrected chi connectivity index (χ4v) is 4.94. The second kappa shape index (κ2) is 8.51. The normalized spacial score (nSPS) is 24.1. The van der Waals surface area contributed by atoms with Crippen LogP contribution in [0.4, 0.5) is 10.6 Å². The summed E-state index contributed by atoms with van der Waals surface area (Å²) < 4.78 is 19.2. The van der Waals surface area contributed by atoms with Crippen molar-refractivity contribution < 1.29 is 23.8 Å². The smallest absolute Gasteiger partial charge is 0.415 e. The van der Waals surface area contributed by atoms with Gasteiger partial charge in [0.15, 0.2) is 0 Å². The Labute approximate surface area is 187 Å². The number of amides is 1. The summed E-state index contributed by atoms with van der Waals surface area (Å²) in [5, 5.41) is 20.6. The van der Waals surface area contributed by atoms with Gasteiger partial charge in [0, 0.05) is 53.1 Å². The van der Waals surface area contributed by atoms with Gasteiger partial charge in [-0.05, 0) is 36.0 Å². The standard InChI is InChI=1S/C20H25N5O6S/c1-20(13-23-11-17(25(28)29)21-18(23)31-20)12-22-7-8-24(19(26)27)15(10-22)9-14-3-5-16(6-4-14)32(2)30/h3-6,11,15H,7-10,12-13H2,1-2H3,(H,26,27). The average Bonchev–Trinajstić information content (AvgIpc) is 3.23. The van der Waals surface area contributed by atoms with Crippen LogP contribution in [-0.4, -0.2) is 83.8 Å². The van der Waals surface area contributed by atoms with Crippen LogP contribution < -0.4 is 4.74 Å². The molecule has 1 saturated heterocycles. The average molecular weight is 464 g/mol. The molecule has 172 valence electrons. The lowest BCUT2D eigenvalue weighted by molar-refractivity contribution is -0.389. The zero-order valence-electron chi connectivity index (χ0n) is 17.8. The van der Waals surface area contributed by atoms with E-state index in [1.165, 1.54) is 11.1 Å². The zero-order chi connectivity index (χ0) is 23.0. The quantitative estimate of drug-likeness (QED) is 0.505. The van der Waals surface area contributed by atoms with Crippen LogP contribution in [0, 0.1) is 10.1 Å². The summed E-state index contributed by atoms with van der Waals surface area (Å²) in [5.41, 5.74) is 0.369. The maximum absolute atomic E-state index is 11.8. The Bertz CT molecular complexity index is 1030. The first-order valence-corrected chi connectivity index (χ1v) is 11.7. The molecule has 3 unspecified atom stereocenters. The van der Waals surface area contributed by atoms with Gasteiger partial charge in [0.25, 0.3) is 0 Å². The predicted octanol–water partition coefficient (Wildman–Crippen LogP) is 1.59. The Morgan fingerprint density at radius 2 is 2.09 bits per heavy atom. The van der Waals surface area contributed by atoms with Gasteiger partial charge in [0.1, 0.15) is 11.8 Å². The minimum atomic E-state index is -1.06. The van der Waals surface area contributed by atoms with Crippen LogP contribution in [0.15, 0.2) is 35.4 Å². The minimum absolute atomic E-state index is 0.230. The van der Waals surface area contributed by atoms with Crippen molar-refractivity contribution in [3.05, 3.63) is 46.1 Å². The highest BCUT2D eigenvalue weighted by molar-refractivity contribution is 7.84. The number of nitrogens with zero attached hydrogens (tertiary/aromatic N) is 5. The lowest BCUT2D eigenvalue weighted by Crippen LogP contribution is -2.58. The third-order valence-electron chi connectivity index (χ3n) is 5.85. The third kappa shape index (κ3) is 4.60. The number of carboxylic acid groups (broad SMARTS) is 1. The maximum atomic E-state index is 11.8. The summed E-state index contributed by atoms with van der Waals surface area (Å²) in [4.78, 5) is 30.4. The van der Waals surface area contributed by atoms with Gasteiger partial charge in [-0.3, -0.25) is 13.7 Å². The van der Waals surface area contributed by atoms with Gasteiger partial charge in [-0.2, -0.15) is 0 Å². The number of fused-ring (bicyclic) bond motifs is 1. The number of imidazole rings is 1. The molecular weight excluding hydrogens is 438 g/mol. The van der Waals surface area contributed by atoms with Gasteiger partial charge < -0.3 is 24.9 Å². The van der Waals surface area contributed by atoms with Crippen LogP contribution in [0.2, 0.25) is 0 Å². The molecule has 1 N–H and O–H groups in total. The summed E-state index contributed by atoms with van der Waals surface area (Å²) in [7, 11) is -1.06. The lowest BCUT2D eigenvalue weighted by atomic mass is 10.0. The number of carbonyl (C=O) groups is 1. The first kappa shape index (κ1) is 22.2. The van der Waals surface area contributed by atoms with Gasteiger partial charge in [0.05, 0.1) is 12.6 Å². The Morgan fingerprint density at radius 1 is 1.38 bits per heavy atom. The number of hydrogen-bond donors (Lipinski definition) is 1. The summed E-state index contributed by atoms with van der Waals surface area (Å²) >= 11 is 0. The molecule has 0 spiro atoms. The van der Waals surface area contributed by atoms with Crippen molar-refractivity contribution in [1.29, 1.82) is 0 Å². The highest BCUT2D eigenvalue weighted by atomic mass is 32.2. The first-order chi connectivity index (χ1) is 15.1. The van der Waals surface area contributed by atoms with Crippen molar-refractivity contribution in [2.24, 2.45) is 0 Å². The maximum Gasteiger partial charge on any atom is 0.415 e. The summed E-state index contributed by atoms with van der Waals surface area (Å²) in [6, 6.07) is 7.40. The van der Waals surface area contributed by atoms with Gasteiger partial charge >= 0.3 is 17.9 Å². The van der Waals surface area contributed by atoms with E-state index < -0.39 is 27.4 Å². The number of piperazine rings is 1. The second-order valence-corrected chi connectivity index (χ2v) is 9.87. The molecule has 1 aromatic heterocycles. The molecule has 1 amide bonds.